The molecule has 0 amide bonds. The Hall–Kier alpha value is -1.37. The summed E-state index contributed by atoms with van der Waals surface area (Å²) in [4.78, 5) is 3.90. The van der Waals surface area contributed by atoms with Crippen LogP contribution in [0.4, 0.5) is 13.2 Å². The lowest BCUT2D eigenvalue weighted by molar-refractivity contribution is -0.137. The second-order valence-electron chi connectivity index (χ2n) is 3.43. The Morgan fingerprint density at radius 2 is 2.00 bits per heavy atom. The molecule has 17 heavy (non-hydrogen) atoms. The third kappa shape index (κ3) is 2.49. The van der Waals surface area contributed by atoms with Crippen LogP contribution in [0.5, 0.6) is 0 Å². The Morgan fingerprint density at radius 3 is 2.53 bits per heavy atom. The highest BCUT2D eigenvalue weighted by Crippen LogP contribution is 2.37. The summed E-state index contributed by atoms with van der Waals surface area (Å²) in [6.07, 6.45) is -4.44. The molecule has 1 aromatic heterocycles. The zero-order valence-corrected chi connectivity index (χ0v) is 10.2. The molecule has 1 N–H and O–H groups in total. The highest BCUT2D eigenvalue weighted by Gasteiger charge is 2.34. The number of nitrogens with one attached hydrogen (secondary N) is 1. The minimum Gasteiger partial charge on any atom is -0.263 e. The van der Waals surface area contributed by atoms with Crippen molar-refractivity contribution in [1.29, 1.82) is 0 Å². The highest BCUT2D eigenvalue weighted by atomic mass is 79.9. The van der Waals surface area contributed by atoms with Crippen molar-refractivity contribution in [2.45, 2.75) is 13.1 Å². The number of aromatic nitrogens is 3. The van der Waals surface area contributed by atoms with E-state index >= 15 is 0 Å². The second kappa shape index (κ2) is 4.14. The van der Waals surface area contributed by atoms with Gasteiger partial charge in [-0.15, -0.1) is 0 Å². The zero-order chi connectivity index (χ0) is 12.6. The van der Waals surface area contributed by atoms with Gasteiger partial charge in [-0.25, -0.2) is 4.98 Å². The minimum absolute atomic E-state index is 0.0370. The average Bonchev–Trinajstić information content (AvgIpc) is 2.63. The number of benzene rings is 1. The molecular weight excluding hydrogens is 299 g/mol. The highest BCUT2D eigenvalue weighted by molar-refractivity contribution is 9.10. The molecule has 0 saturated heterocycles. The van der Waals surface area contributed by atoms with Crippen molar-refractivity contribution in [3.05, 3.63) is 34.1 Å². The quantitative estimate of drug-likeness (QED) is 0.875. The van der Waals surface area contributed by atoms with Gasteiger partial charge in [-0.05, 0) is 25.1 Å². The maximum Gasteiger partial charge on any atom is 0.417 e. The topological polar surface area (TPSA) is 41.6 Å². The summed E-state index contributed by atoms with van der Waals surface area (Å²) in [7, 11) is 0. The van der Waals surface area contributed by atoms with Crippen LogP contribution in [0.25, 0.3) is 11.4 Å². The lowest BCUT2D eigenvalue weighted by Crippen LogP contribution is -2.07. The number of aromatic amines is 1. The van der Waals surface area contributed by atoms with Gasteiger partial charge in [-0.2, -0.15) is 18.3 Å². The van der Waals surface area contributed by atoms with E-state index in [4.69, 9.17) is 0 Å². The number of H-pyrrole nitrogens is 1. The second-order valence-corrected chi connectivity index (χ2v) is 4.35. The van der Waals surface area contributed by atoms with E-state index in [1.807, 2.05) is 0 Å². The fraction of sp³-hybridized carbons (Fsp3) is 0.200. The van der Waals surface area contributed by atoms with E-state index < -0.39 is 11.7 Å². The summed E-state index contributed by atoms with van der Waals surface area (Å²) in [6.45, 7) is 1.63. The summed E-state index contributed by atoms with van der Waals surface area (Å²) in [6, 6.07) is 3.88. The summed E-state index contributed by atoms with van der Waals surface area (Å²) in [5.74, 6) is 0.512. The summed E-state index contributed by atoms with van der Waals surface area (Å²) in [5.41, 5.74) is -0.795. The van der Waals surface area contributed by atoms with Gasteiger partial charge in [0.25, 0.3) is 0 Å². The molecule has 0 spiro atoms. The van der Waals surface area contributed by atoms with E-state index in [1.54, 1.807) is 6.92 Å². The number of halogens is 4. The Balaban J connectivity index is 2.61. The molecule has 0 fully saturated rings. The van der Waals surface area contributed by atoms with Gasteiger partial charge in [0.05, 0.1) is 5.56 Å². The van der Waals surface area contributed by atoms with Gasteiger partial charge >= 0.3 is 6.18 Å². The van der Waals surface area contributed by atoms with Crippen LogP contribution < -0.4 is 0 Å². The van der Waals surface area contributed by atoms with E-state index in [9.17, 15) is 13.2 Å². The van der Waals surface area contributed by atoms with Crippen molar-refractivity contribution >= 4 is 15.9 Å². The molecule has 3 nitrogen and oxygen atoms in total. The van der Waals surface area contributed by atoms with Crippen LogP contribution >= 0.6 is 15.9 Å². The fourth-order valence-corrected chi connectivity index (χ4v) is 1.77. The molecule has 0 aliphatic rings. The first-order valence-electron chi connectivity index (χ1n) is 4.64. The number of hydrogen-bond donors (Lipinski definition) is 1. The molecule has 0 saturated carbocycles. The van der Waals surface area contributed by atoms with Crippen LogP contribution in [-0.2, 0) is 6.18 Å². The van der Waals surface area contributed by atoms with E-state index in [-0.39, 0.29) is 11.4 Å². The molecule has 0 aliphatic carbocycles. The third-order valence-electron chi connectivity index (χ3n) is 2.13. The first kappa shape index (κ1) is 12.1. The maximum absolute atomic E-state index is 12.8. The number of aryl methyl sites for hydroxylation is 1. The van der Waals surface area contributed by atoms with Crippen molar-refractivity contribution in [3.63, 3.8) is 0 Å². The van der Waals surface area contributed by atoms with Crippen LogP contribution in [0.15, 0.2) is 22.7 Å². The van der Waals surface area contributed by atoms with Gasteiger partial charge in [0, 0.05) is 10.0 Å². The summed E-state index contributed by atoms with van der Waals surface area (Å²) < 4.78 is 38.9. The smallest absolute Gasteiger partial charge is 0.263 e. The van der Waals surface area contributed by atoms with Crippen LogP contribution in [0, 0.1) is 6.92 Å². The average molecular weight is 306 g/mol. The predicted octanol–water partition coefficient (Wildman–Crippen LogP) is 3.56. The molecule has 0 unspecified atom stereocenters. The van der Waals surface area contributed by atoms with Crippen molar-refractivity contribution in [2.75, 3.05) is 0 Å². The predicted molar refractivity (Wildman–Crippen MR) is 59.3 cm³/mol. The number of alkyl halides is 3. The van der Waals surface area contributed by atoms with Crippen molar-refractivity contribution in [3.8, 4) is 11.4 Å². The van der Waals surface area contributed by atoms with Crippen LogP contribution in [0.1, 0.15) is 11.4 Å². The molecule has 90 valence electrons. The Kier molecular flexibility index (Phi) is 2.94. The fourth-order valence-electron chi connectivity index (χ4n) is 1.41. The Bertz CT molecular complexity index is 548. The molecular formula is C10H7BrF3N3. The monoisotopic (exact) mass is 305 g/mol. The van der Waals surface area contributed by atoms with Gasteiger partial charge in [-0.3, -0.25) is 5.10 Å². The number of nitrogens with zero attached hydrogens (tertiary/aromatic N) is 2. The molecule has 0 bridgehead atoms. The van der Waals surface area contributed by atoms with Crippen LogP contribution in [0.3, 0.4) is 0 Å². The lowest BCUT2D eigenvalue weighted by atomic mass is 10.1. The van der Waals surface area contributed by atoms with E-state index in [1.165, 1.54) is 12.1 Å². The first-order valence-corrected chi connectivity index (χ1v) is 5.43. The molecule has 2 rings (SSSR count). The largest absolute Gasteiger partial charge is 0.417 e. The molecule has 0 atom stereocenters. The van der Waals surface area contributed by atoms with E-state index in [2.05, 4.69) is 31.1 Å². The van der Waals surface area contributed by atoms with Crippen molar-refractivity contribution in [2.24, 2.45) is 0 Å². The summed E-state index contributed by atoms with van der Waals surface area (Å²) in [5, 5.41) is 6.26. The molecule has 0 radical (unpaired) electrons. The number of rotatable bonds is 1. The van der Waals surface area contributed by atoms with Crippen molar-refractivity contribution in [1.82, 2.24) is 15.2 Å². The summed E-state index contributed by atoms with van der Waals surface area (Å²) >= 11 is 3.02. The molecule has 1 aromatic carbocycles. The van der Waals surface area contributed by atoms with Gasteiger partial charge in [0.2, 0.25) is 0 Å². The Labute approximate surface area is 103 Å². The normalized spacial score (nSPS) is 11.8. The maximum atomic E-state index is 12.8. The zero-order valence-electron chi connectivity index (χ0n) is 8.64. The van der Waals surface area contributed by atoms with E-state index in [0.29, 0.717) is 10.3 Å². The van der Waals surface area contributed by atoms with Gasteiger partial charge in [0.15, 0.2) is 5.82 Å². The number of hydrogen-bond acceptors (Lipinski definition) is 2. The van der Waals surface area contributed by atoms with E-state index in [0.717, 1.165) is 6.07 Å². The van der Waals surface area contributed by atoms with Gasteiger partial charge in [-0.1, -0.05) is 15.9 Å². The molecule has 1 heterocycles. The molecule has 2 aromatic rings. The van der Waals surface area contributed by atoms with Gasteiger partial charge in [0.1, 0.15) is 5.82 Å². The molecule has 7 heteroatoms. The van der Waals surface area contributed by atoms with Crippen molar-refractivity contribution < 1.29 is 13.2 Å². The first-order chi connectivity index (χ1) is 7.88. The molecule has 0 aliphatic heterocycles. The standard InChI is InChI=1S/C10H7BrF3N3/c1-5-15-9(17-16-5)7-3-2-6(11)4-8(7)10(12,13)14/h2-4H,1H3,(H,15,16,17). The van der Waals surface area contributed by atoms with Crippen LogP contribution in [0.2, 0.25) is 0 Å². The van der Waals surface area contributed by atoms with Gasteiger partial charge < -0.3 is 0 Å². The minimum atomic E-state index is -4.44. The Morgan fingerprint density at radius 1 is 1.29 bits per heavy atom. The lowest BCUT2D eigenvalue weighted by Gasteiger charge is -2.10. The SMILES string of the molecule is Cc1nc(-c2ccc(Br)cc2C(F)(F)F)n[nH]1. The third-order valence-corrected chi connectivity index (χ3v) is 2.62. The van der Waals surface area contributed by atoms with Crippen LogP contribution in [-0.4, -0.2) is 15.2 Å².